The Labute approximate surface area is 210 Å². The normalized spacial score (nSPS) is 11.5. The van der Waals surface area contributed by atoms with Gasteiger partial charge in [-0.25, -0.2) is 9.36 Å². The van der Waals surface area contributed by atoms with E-state index in [-0.39, 0.29) is 29.0 Å². The Balaban J connectivity index is 1.58. The molecule has 0 atom stereocenters. The van der Waals surface area contributed by atoms with Crippen LogP contribution in [-0.2, 0) is 12.0 Å². The predicted molar refractivity (Wildman–Crippen MR) is 140 cm³/mol. The number of benzene rings is 3. The van der Waals surface area contributed by atoms with Crippen molar-refractivity contribution in [3.8, 4) is 28.5 Å². The standard InChI is InChI=1S/C31H28N2O3/c1-31(2,3)24-16-18-25(19-17-24)36-26-14-8-7-13-23(26)21-33-27-15-9-10-20-32(27)29(34)28(30(33)35)22-11-5-4-6-12-22/h4-20H,21H2,1-3H3. The second kappa shape index (κ2) is 9.34. The first-order valence-electron chi connectivity index (χ1n) is 12.0. The Kier molecular flexibility index (Phi) is 6.06. The van der Waals surface area contributed by atoms with E-state index in [1.807, 2.05) is 60.7 Å². The summed E-state index contributed by atoms with van der Waals surface area (Å²) in [6, 6.07) is 30.2. The van der Waals surface area contributed by atoms with Crippen LogP contribution in [0.2, 0.25) is 0 Å². The molecule has 0 aliphatic heterocycles. The zero-order chi connectivity index (χ0) is 25.3. The average Bonchev–Trinajstić information content (AvgIpc) is 2.88. The number of ether oxygens (including phenoxy) is 1. The van der Waals surface area contributed by atoms with Gasteiger partial charge in [0, 0.05) is 11.6 Å². The summed E-state index contributed by atoms with van der Waals surface area (Å²) in [5.74, 6) is 1.05. The lowest BCUT2D eigenvalue weighted by molar-refractivity contribution is -0.708. The fourth-order valence-corrected chi connectivity index (χ4v) is 4.34. The number of para-hydroxylation sites is 1. The highest BCUT2D eigenvalue weighted by molar-refractivity contribution is 5.66. The van der Waals surface area contributed by atoms with Gasteiger partial charge in [0.1, 0.15) is 23.6 Å². The molecule has 0 saturated heterocycles. The second-order valence-electron chi connectivity index (χ2n) is 9.85. The Morgan fingerprint density at radius 3 is 2.22 bits per heavy atom. The van der Waals surface area contributed by atoms with E-state index in [9.17, 15) is 9.90 Å². The van der Waals surface area contributed by atoms with Crippen molar-refractivity contribution in [3.05, 3.63) is 125 Å². The maximum atomic E-state index is 13.7. The lowest BCUT2D eigenvalue weighted by Gasteiger charge is -2.20. The summed E-state index contributed by atoms with van der Waals surface area (Å²) in [6.45, 7) is 6.78. The highest BCUT2D eigenvalue weighted by Gasteiger charge is 2.21. The minimum atomic E-state index is -0.332. The van der Waals surface area contributed by atoms with E-state index in [2.05, 4.69) is 32.9 Å². The topological polar surface area (TPSA) is 57.7 Å². The quantitative estimate of drug-likeness (QED) is 0.316. The third-order valence-corrected chi connectivity index (χ3v) is 6.32. The Hall–Kier alpha value is -4.38. The number of rotatable bonds is 5. The smallest absolute Gasteiger partial charge is 0.349 e. The van der Waals surface area contributed by atoms with Crippen LogP contribution in [0.3, 0.4) is 0 Å². The second-order valence-corrected chi connectivity index (χ2v) is 9.85. The molecule has 2 aromatic heterocycles. The summed E-state index contributed by atoms with van der Waals surface area (Å²) in [6.07, 6.45) is 1.69. The molecule has 5 rings (SSSR count). The molecule has 0 N–H and O–H groups in total. The maximum Gasteiger partial charge on any atom is 0.349 e. The molecule has 0 radical (unpaired) electrons. The van der Waals surface area contributed by atoms with Gasteiger partial charge in [-0.3, -0.25) is 0 Å². The molecule has 0 aliphatic rings. The minimum absolute atomic E-state index is 0.0561. The van der Waals surface area contributed by atoms with Crippen molar-refractivity contribution in [2.75, 3.05) is 0 Å². The lowest BCUT2D eigenvalue weighted by atomic mass is 9.87. The Morgan fingerprint density at radius 1 is 0.833 bits per heavy atom. The van der Waals surface area contributed by atoms with E-state index in [1.54, 1.807) is 35.0 Å². The van der Waals surface area contributed by atoms with Crippen molar-refractivity contribution < 1.29 is 14.4 Å². The van der Waals surface area contributed by atoms with Crippen LogP contribution in [0.5, 0.6) is 17.4 Å². The van der Waals surface area contributed by atoms with Gasteiger partial charge in [-0.2, -0.15) is 4.40 Å². The largest absolute Gasteiger partial charge is 0.842 e. The van der Waals surface area contributed by atoms with Crippen LogP contribution >= 0.6 is 0 Å². The zero-order valence-corrected chi connectivity index (χ0v) is 20.6. The Morgan fingerprint density at radius 2 is 1.50 bits per heavy atom. The molecule has 5 aromatic rings. The molecule has 180 valence electrons. The zero-order valence-electron chi connectivity index (χ0n) is 20.6. The summed E-state index contributed by atoms with van der Waals surface area (Å²) in [5, 5.41) is 13.7. The number of fused-ring (bicyclic) bond motifs is 1. The van der Waals surface area contributed by atoms with Gasteiger partial charge in [0.25, 0.3) is 5.65 Å². The fraction of sp³-hybridized carbons (Fsp3) is 0.161. The summed E-state index contributed by atoms with van der Waals surface area (Å²) in [5.41, 5.74) is 3.06. The molecular formula is C31H28N2O3. The van der Waals surface area contributed by atoms with Crippen LogP contribution in [0, 0.1) is 0 Å². The molecule has 0 spiro atoms. The van der Waals surface area contributed by atoms with Crippen LogP contribution in [0.25, 0.3) is 16.8 Å². The first kappa shape index (κ1) is 23.4. The highest BCUT2D eigenvalue weighted by atomic mass is 16.5. The first-order chi connectivity index (χ1) is 17.3. The van der Waals surface area contributed by atoms with Gasteiger partial charge >= 0.3 is 5.56 Å². The van der Waals surface area contributed by atoms with Crippen molar-refractivity contribution in [1.29, 1.82) is 0 Å². The van der Waals surface area contributed by atoms with Crippen LogP contribution < -0.4 is 20.0 Å². The van der Waals surface area contributed by atoms with Crippen molar-refractivity contribution in [1.82, 2.24) is 4.40 Å². The summed E-state index contributed by atoms with van der Waals surface area (Å²) in [4.78, 5) is 13.3. The van der Waals surface area contributed by atoms with E-state index < -0.39 is 0 Å². The molecule has 0 unspecified atom stereocenters. The van der Waals surface area contributed by atoms with Crippen molar-refractivity contribution >= 4 is 5.65 Å². The van der Waals surface area contributed by atoms with Gasteiger partial charge < -0.3 is 9.84 Å². The Bertz CT molecular complexity index is 1580. The number of pyridine rings is 1. The van der Waals surface area contributed by atoms with E-state index >= 15 is 0 Å². The number of aromatic nitrogens is 2. The van der Waals surface area contributed by atoms with Crippen molar-refractivity contribution in [3.63, 3.8) is 0 Å². The molecule has 0 bridgehead atoms. The van der Waals surface area contributed by atoms with Gasteiger partial charge in [0.15, 0.2) is 0 Å². The minimum Gasteiger partial charge on any atom is -0.842 e. The lowest BCUT2D eigenvalue weighted by Crippen LogP contribution is -2.44. The molecule has 3 aromatic carbocycles. The number of nitrogens with zero attached hydrogens (tertiary/aromatic N) is 2. The maximum absolute atomic E-state index is 13.7. The molecule has 0 aliphatic carbocycles. The third kappa shape index (κ3) is 4.48. The van der Waals surface area contributed by atoms with Crippen LogP contribution in [0.1, 0.15) is 31.9 Å². The molecule has 5 heteroatoms. The van der Waals surface area contributed by atoms with E-state index in [0.29, 0.717) is 17.0 Å². The molecule has 0 amide bonds. The molecule has 0 saturated carbocycles. The van der Waals surface area contributed by atoms with E-state index in [0.717, 1.165) is 11.3 Å². The van der Waals surface area contributed by atoms with Gasteiger partial charge in [-0.1, -0.05) is 87.5 Å². The van der Waals surface area contributed by atoms with Crippen LogP contribution in [0.15, 0.2) is 108 Å². The average molecular weight is 477 g/mol. The van der Waals surface area contributed by atoms with Gasteiger partial charge in [-0.05, 0) is 40.8 Å². The third-order valence-electron chi connectivity index (χ3n) is 6.32. The number of hydrogen-bond donors (Lipinski definition) is 0. The van der Waals surface area contributed by atoms with Crippen molar-refractivity contribution in [2.45, 2.75) is 32.7 Å². The molecule has 2 heterocycles. The monoisotopic (exact) mass is 476 g/mol. The van der Waals surface area contributed by atoms with Crippen molar-refractivity contribution in [2.24, 2.45) is 0 Å². The van der Waals surface area contributed by atoms with Gasteiger partial charge in [0.2, 0.25) is 0 Å². The van der Waals surface area contributed by atoms with E-state index in [4.69, 9.17) is 4.74 Å². The fourth-order valence-electron chi connectivity index (χ4n) is 4.34. The number of hydrogen-bond acceptors (Lipinski definition) is 3. The summed E-state index contributed by atoms with van der Waals surface area (Å²) >= 11 is 0. The summed E-state index contributed by atoms with van der Waals surface area (Å²) < 4.78 is 9.42. The van der Waals surface area contributed by atoms with E-state index in [1.165, 1.54) is 9.96 Å². The molecule has 36 heavy (non-hydrogen) atoms. The van der Waals surface area contributed by atoms with Gasteiger partial charge in [0.05, 0.1) is 12.1 Å². The molecular weight excluding hydrogens is 448 g/mol. The highest BCUT2D eigenvalue weighted by Crippen LogP contribution is 2.29. The SMILES string of the molecule is CC(C)(C)c1ccc(Oc2ccccc2C[n+]2c([O-])c(-c3ccccc3)c(=O)n3ccccc32)cc1. The molecule has 0 fully saturated rings. The first-order valence-corrected chi connectivity index (χ1v) is 12.0. The van der Waals surface area contributed by atoms with Crippen LogP contribution in [0.4, 0.5) is 0 Å². The van der Waals surface area contributed by atoms with Crippen LogP contribution in [-0.4, -0.2) is 4.40 Å². The van der Waals surface area contributed by atoms with Gasteiger partial charge in [-0.15, -0.1) is 0 Å². The predicted octanol–water partition coefficient (Wildman–Crippen LogP) is 5.47. The molecule has 5 nitrogen and oxygen atoms in total. The summed E-state index contributed by atoms with van der Waals surface area (Å²) in [7, 11) is 0.